The van der Waals surface area contributed by atoms with Crippen molar-refractivity contribution < 1.29 is 5.11 Å². The fourth-order valence-electron chi connectivity index (χ4n) is 2.67. The van der Waals surface area contributed by atoms with E-state index in [-0.39, 0.29) is 5.88 Å². The normalized spacial score (nSPS) is 12.7. The average molecular weight is 378 g/mol. The molecule has 4 rings (SSSR count). The molecular formula is C19H14N4OS2. The third-order valence-corrected chi connectivity index (χ3v) is 5.23. The number of aromatic nitrogens is 1. The van der Waals surface area contributed by atoms with Crippen LogP contribution >= 0.6 is 23.6 Å². The van der Waals surface area contributed by atoms with E-state index in [9.17, 15) is 5.11 Å². The quantitative estimate of drug-likeness (QED) is 0.692. The molecule has 0 atom stereocenters. The maximum atomic E-state index is 10.7. The van der Waals surface area contributed by atoms with E-state index in [4.69, 9.17) is 12.2 Å². The van der Waals surface area contributed by atoms with Crippen LogP contribution in [0.4, 0.5) is 0 Å². The predicted octanol–water partition coefficient (Wildman–Crippen LogP) is 3.67. The van der Waals surface area contributed by atoms with Crippen molar-refractivity contribution in [3.8, 4) is 11.6 Å². The molecule has 0 aliphatic carbocycles. The van der Waals surface area contributed by atoms with Gasteiger partial charge in [-0.25, -0.2) is 4.99 Å². The van der Waals surface area contributed by atoms with Gasteiger partial charge >= 0.3 is 0 Å². The van der Waals surface area contributed by atoms with Crippen LogP contribution in [0, 0.1) is 10.9 Å². The lowest BCUT2D eigenvalue weighted by Gasteiger charge is -2.05. The molecule has 0 fully saturated rings. The Bertz CT molecular complexity index is 1200. The molecule has 26 heavy (non-hydrogen) atoms. The molecule has 128 valence electrons. The van der Waals surface area contributed by atoms with E-state index in [0.717, 1.165) is 26.6 Å². The number of azo groups is 1. The second-order valence-electron chi connectivity index (χ2n) is 5.78. The maximum Gasteiger partial charge on any atom is 0.215 e. The Labute approximate surface area is 158 Å². The van der Waals surface area contributed by atoms with Gasteiger partial charge in [-0.1, -0.05) is 36.4 Å². The Morgan fingerprint density at radius 2 is 1.96 bits per heavy atom. The lowest BCUT2D eigenvalue weighted by Crippen LogP contribution is -2.08. The van der Waals surface area contributed by atoms with Gasteiger partial charge in [-0.2, -0.15) is 0 Å². The van der Waals surface area contributed by atoms with Crippen LogP contribution in [0.15, 0.2) is 63.8 Å². The number of rotatable bonds is 2. The number of hydrogen-bond donors (Lipinski definition) is 1. The van der Waals surface area contributed by atoms with Crippen molar-refractivity contribution in [3.05, 3.63) is 73.4 Å². The minimum Gasteiger partial charge on any atom is -0.493 e. The molecule has 0 saturated heterocycles. The van der Waals surface area contributed by atoms with Crippen molar-refractivity contribution in [2.24, 2.45) is 15.2 Å². The zero-order chi connectivity index (χ0) is 18.1. The Morgan fingerprint density at radius 3 is 2.65 bits per heavy atom. The molecule has 3 aromatic rings. The molecule has 0 amide bonds. The molecular weight excluding hydrogens is 364 g/mol. The van der Waals surface area contributed by atoms with Crippen LogP contribution in [0.25, 0.3) is 17.6 Å². The zero-order valence-electron chi connectivity index (χ0n) is 13.8. The van der Waals surface area contributed by atoms with Crippen molar-refractivity contribution in [1.82, 2.24) is 4.57 Å². The average Bonchev–Trinajstić information content (AvgIpc) is 3.25. The summed E-state index contributed by atoms with van der Waals surface area (Å²) < 4.78 is 2.30. The van der Waals surface area contributed by atoms with Crippen molar-refractivity contribution >= 4 is 41.8 Å². The van der Waals surface area contributed by atoms with Gasteiger partial charge in [0.05, 0.1) is 10.6 Å². The summed E-state index contributed by atoms with van der Waals surface area (Å²) in [6.07, 6.45) is 3.34. The van der Waals surface area contributed by atoms with Crippen LogP contribution in [-0.2, 0) is 0 Å². The Kier molecular flexibility index (Phi) is 4.32. The van der Waals surface area contributed by atoms with Gasteiger partial charge in [0.25, 0.3) is 0 Å². The molecule has 1 aliphatic rings. The highest BCUT2D eigenvalue weighted by Crippen LogP contribution is 2.30. The number of aromatic hydroxyl groups is 1. The first-order valence-corrected chi connectivity index (χ1v) is 9.12. The van der Waals surface area contributed by atoms with Gasteiger partial charge in [-0.15, -0.1) is 21.6 Å². The van der Waals surface area contributed by atoms with Gasteiger partial charge in [0.2, 0.25) is 5.88 Å². The first-order chi connectivity index (χ1) is 12.6. The standard InChI is InChI=1S/C19H14N4OS2/c1-12-3-2-4-15(9-12)23-18(24)16(26-19(23)25)10-13-5-7-14(8-6-13)17-20-11-21-22-17/h2-11,24H,1H3. The minimum absolute atomic E-state index is 0.151. The molecule has 0 radical (unpaired) electrons. The van der Waals surface area contributed by atoms with E-state index in [1.165, 1.54) is 17.7 Å². The van der Waals surface area contributed by atoms with Crippen LogP contribution in [0.2, 0.25) is 0 Å². The first-order valence-electron chi connectivity index (χ1n) is 7.89. The van der Waals surface area contributed by atoms with Crippen molar-refractivity contribution in [2.75, 3.05) is 0 Å². The van der Waals surface area contributed by atoms with Crippen molar-refractivity contribution in [1.29, 1.82) is 0 Å². The SMILES string of the molecule is Cc1cccc(-n2c(O)c(C=c3ccc(=C4N=CN=N4)cc3)sc2=S)c1. The lowest BCUT2D eigenvalue weighted by atomic mass is 10.2. The topological polar surface area (TPSA) is 62.2 Å². The van der Waals surface area contributed by atoms with E-state index >= 15 is 0 Å². The second-order valence-corrected chi connectivity index (χ2v) is 7.46. The number of nitrogens with zero attached hydrogens (tertiary/aromatic N) is 4. The maximum absolute atomic E-state index is 10.7. The number of benzene rings is 2. The molecule has 0 saturated carbocycles. The fourth-order valence-corrected chi connectivity index (χ4v) is 3.98. The van der Waals surface area contributed by atoms with Crippen molar-refractivity contribution in [2.45, 2.75) is 6.92 Å². The number of hydrogen-bond acceptors (Lipinski definition) is 6. The van der Waals surface area contributed by atoms with E-state index in [1.807, 2.05) is 61.5 Å². The molecule has 1 aliphatic heterocycles. The molecule has 0 spiro atoms. The largest absolute Gasteiger partial charge is 0.493 e. The summed E-state index contributed by atoms with van der Waals surface area (Å²) in [5.74, 6) is 0.749. The summed E-state index contributed by atoms with van der Waals surface area (Å²) in [5, 5.41) is 20.2. The third kappa shape index (κ3) is 3.14. The van der Waals surface area contributed by atoms with Crippen LogP contribution in [0.1, 0.15) is 10.4 Å². The van der Waals surface area contributed by atoms with Crippen LogP contribution in [-0.4, -0.2) is 16.0 Å². The van der Waals surface area contributed by atoms with Crippen LogP contribution < -0.4 is 10.4 Å². The Morgan fingerprint density at radius 1 is 1.15 bits per heavy atom. The van der Waals surface area contributed by atoms with Gasteiger partial charge in [-0.3, -0.25) is 4.57 Å². The zero-order valence-corrected chi connectivity index (χ0v) is 15.5. The van der Waals surface area contributed by atoms with Crippen molar-refractivity contribution in [3.63, 3.8) is 0 Å². The number of aryl methyl sites for hydroxylation is 1. The predicted molar refractivity (Wildman–Crippen MR) is 107 cm³/mol. The van der Waals surface area contributed by atoms with Crippen LogP contribution in [0.5, 0.6) is 5.88 Å². The van der Waals surface area contributed by atoms with Gasteiger partial charge in [-0.05, 0) is 48.1 Å². The molecule has 1 aromatic heterocycles. The Balaban J connectivity index is 1.78. The Hall–Kier alpha value is -2.90. The highest BCUT2D eigenvalue weighted by atomic mass is 32.1. The third-order valence-electron chi connectivity index (χ3n) is 3.92. The molecule has 2 aromatic carbocycles. The minimum atomic E-state index is 0.151. The summed E-state index contributed by atoms with van der Waals surface area (Å²) in [5.41, 5.74) is 1.97. The summed E-state index contributed by atoms with van der Waals surface area (Å²) >= 11 is 6.83. The summed E-state index contributed by atoms with van der Waals surface area (Å²) in [7, 11) is 0. The fraction of sp³-hybridized carbons (Fsp3) is 0.0526. The molecule has 2 heterocycles. The van der Waals surface area contributed by atoms with E-state index in [1.54, 1.807) is 4.57 Å². The molecule has 7 heteroatoms. The van der Waals surface area contributed by atoms with E-state index in [0.29, 0.717) is 9.78 Å². The van der Waals surface area contributed by atoms with Gasteiger partial charge in [0, 0.05) is 5.22 Å². The lowest BCUT2D eigenvalue weighted by molar-refractivity contribution is 0.441. The van der Waals surface area contributed by atoms with Crippen LogP contribution in [0.3, 0.4) is 0 Å². The summed E-state index contributed by atoms with van der Waals surface area (Å²) in [6, 6.07) is 15.6. The highest BCUT2D eigenvalue weighted by molar-refractivity contribution is 7.73. The van der Waals surface area contributed by atoms with Gasteiger partial charge < -0.3 is 5.11 Å². The first kappa shape index (κ1) is 16.6. The molecule has 5 nitrogen and oxygen atoms in total. The van der Waals surface area contributed by atoms with E-state index in [2.05, 4.69) is 15.2 Å². The summed E-state index contributed by atoms with van der Waals surface area (Å²) in [4.78, 5) is 4.80. The smallest absolute Gasteiger partial charge is 0.215 e. The second kappa shape index (κ2) is 6.78. The molecule has 1 N–H and O–H groups in total. The number of thiazole rings is 1. The van der Waals surface area contributed by atoms with E-state index < -0.39 is 0 Å². The van der Waals surface area contributed by atoms with Gasteiger partial charge in [0.1, 0.15) is 6.34 Å². The molecule has 0 unspecified atom stereocenters. The summed E-state index contributed by atoms with van der Waals surface area (Å²) in [6.45, 7) is 2.01. The highest BCUT2D eigenvalue weighted by Gasteiger charge is 2.11. The number of aliphatic imine (C=N–C) groups is 1. The molecule has 0 bridgehead atoms. The monoisotopic (exact) mass is 378 g/mol. The van der Waals surface area contributed by atoms with Gasteiger partial charge in [0.15, 0.2) is 9.78 Å².